The van der Waals surface area contributed by atoms with Crippen LogP contribution in [-0.4, -0.2) is 44.7 Å². The van der Waals surface area contributed by atoms with Crippen molar-refractivity contribution in [3.63, 3.8) is 0 Å². The average molecular weight is 301 g/mol. The van der Waals surface area contributed by atoms with Crippen LogP contribution in [0.3, 0.4) is 0 Å². The Bertz CT molecular complexity index is 527. The smallest absolute Gasteiger partial charge is 0.257 e. The highest BCUT2D eigenvalue weighted by atomic mass is 32.2. The van der Waals surface area contributed by atoms with Gasteiger partial charge in [0.1, 0.15) is 0 Å². The summed E-state index contributed by atoms with van der Waals surface area (Å²) in [5.74, 6) is 0. The minimum Gasteiger partial charge on any atom is -0.378 e. The summed E-state index contributed by atoms with van der Waals surface area (Å²) in [4.78, 5) is 4.31. The quantitative estimate of drug-likeness (QED) is 0.609. The molecule has 0 aliphatic carbocycles. The van der Waals surface area contributed by atoms with Gasteiger partial charge in [-0.25, -0.2) is 8.42 Å². The van der Waals surface area contributed by atoms with Crippen molar-refractivity contribution in [3.8, 4) is 0 Å². The number of nitrogens with one attached hydrogen (secondary N) is 2. The normalized spacial score (nSPS) is 16.1. The van der Waals surface area contributed by atoms with Crippen LogP contribution in [0.4, 0.5) is 0 Å². The predicted molar refractivity (Wildman–Crippen MR) is 74.9 cm³/mol. The summed E-state index contributed by atoms with van der Waals surface area (Å²) in [7, 11) is -3.60. The zero-order valence-electron chi connectivity index (χ0n) is 10.2. The zero-order chi connectivity index (χ0) is 13.7. The molecule has 0 spiro atoms. The third kappa shape index (κ3) is 3.87. The van der Waals surface area contributed by atoms with Crippen molar-refractivity contribution in [2.24, 2.45) is 0 Å². The van der Waals surface area contributed by atoms with Gasteiger partial charge in [-0.15, -0.1) is 4.83 Å². The second kappa shape index (κ2) is 6.29. The third-order valence-corrected chi connectivity index (χ3v) is 4.27. The maximum atomic E-state index is 11.9. The largest absolute Gasteiger partial charge is 0.378 e. The Morgan fingerprint density at radius 2 is 1.84 bits per heavy atom. The van der Waals surface area contributed by atoms with Crippen LogP contribution >= 0.6 is 12.2 Å². The number of sulfonamides is 1. The van der Waals surface area contributed by atoms with Gasteiger partial charge in [0.2, 0.25) is 0 Å². The van der Waals surface area contributed by atoms with E-state index in [1.165, 1.54) is 12.1 Å². The zero-order valence-corrected chi connectivity index (χ0v) is 11.8. The van der Waals surface area contributed by atoms with Gasteiger partial charge in [-0.05, 0) is 24.4 Å². The van der Waals surface area contributed by atoms with Crippen molar-refractivity contribution in [3.05, 3.63) is 30.3 Å². The Hall–Kier alpha value is -1.22. The molecule has 2 rings (SSSR count). The summed E-state index contributed by atoms with van der Waals surface area (Å²) in [6.07, 6.45) is 0. The Balaban J connectivity index is 1.93. The summed E-state index contributed by atoms with van der Waals surface area (Å²) in [6.45, 7) is 2.48. The fourth-order valence-corrected chi connectivity index (χ4v) is 2.78. The first kappa shape index (κ1) is 14.2. The average Bonchev–Trinajstić information content (AvgIpc) is 2.47. The highest BCUT2D eigenvalue weighted by molar-refractivity contribution is 7.89. The number of hydrogen-bond acceptors (Lipinski definition) is 4. The van der Waals surface area contributed by atoms with Gasteiger partial charge >= 0.3 is 0 Å². The number of morpholine rings is 1. The standard InChI is InChI=1S/C11H15N3O3S2/c15-19(16,10-4-2-1-3-5-10)13-12-11(18)14-6-8-17-9-7-14/h1-5,13H,6-9H2,(H,12,18). The molecule has 1 aliphatic heterocycles. The van der Waals surface area contributed by atoms with E-state index in [0.29, 0.717) is 31.4 Å². The van der Waals surface area contributed by atoms with Gasteiger partial charge in [0.25, 0.3) is 10.0 Å². The van der Waals surface area contributed by atoms with E-state index in [1.807, 2.05) is 4.90 Å². The highest BCUT2D eigenvalue weighted by Gasteiger charge is 2.17. The molecule has 0 unspecified atom stereocenters. The van der Waals surface area contributed by atoms with Gasteiger partial charge in [-0.1, -0.05) is 18.2 Å². The van der Waals surface area contributed by atoms with Crippen molar-refractivity contribution >= 4 is 27.4 Å². The molecule has 104 valence electrons. The van der Waals surface area contributed by atoms with Gasteiger partial charge in [0, 0.05) is 13.1 Å². The molecule has 1 saturated heterocycles. The summed E-state index contributed by atoms with van der Waals surface area (Å²) in [5, 5.41) is 0.350. The van der Waals surface area contributed by atoms with Crippen molar-refractivity contribution < 1.29 is 13.2 Å². The molecule has 1 fully saturated rings. The molecule has 1 aromatic carbocycles. The number of benzene rings is 1. The van der Waals surface area contributed by atoms with Crippen molar-refractivity contribution in [2.75, 3.05) is 26.3 Å². The van der Waals surface area contributed by atoms with Crippen LogP contribution in [0.15, 0.2) is 35.2 Å². The molecule has 2 N–H and O–H groups in total. The molecule has 0 aromatic heterocycles. The second-order valence-corrected chi connectivity index (χ2v) is 6.02. The van der Waals surface area contributed by atoms with E-state index in [1.54, 1.807) is 18.2 Å². The molecule has 0 bridgehead atoms. The number of thiocarbonyl (C=S) groups is 1. The lowest BCUT2D eigenvalue weighted by Gasteiger charge is -2.29. The molecule has 1 heterocycles. The van der Waals surface area contributed by atoms with Crippen LogP contribution in [0.5, 0.6) is 0 Å². The molecular formula is C11H15N3O3S2. The number of rotatable bonds is 3. The van der Waals surface area contributed by atoms with Crippen LogP contribution in [0.1, 0.15) is 0 Å². The Kier molecular flexibility index (Phi) is 4.70. The molecule has 1 aliphatic rings. The van der Waals surface area contributed by atoms with Crippen molar-refractivity contribution in [1.82, 2.24) is 15.2 Å². The van der Waals surface area contributed by atoms with Crippen LogP contribution < -0.4 is 10.3 Å². The first-order valence-electron chi connectivity index (χ1n) is 5.79. The molecule has 0 atom stereocenters. The van der Waals surface area contributed by atoms with E-state index in [2.05, 4.69) is 10.3 Å². The number of hydrazine groups is 1. The Labute approximate surface area is 117 Å². The first-order chi connectivity index (χ1) is 9.09. The summed E-state index contributed by atoms with van der Waals surface area (Å²) in [5.41, 5.74) is 2.55. The van der Waals surface area contributed by atoms with E-state index >= 15 is 0 Å². The first-order valence-corrected chi connectivity index (χ1v) is 7.68. The second-order valence-electron chi connectivity index (χ2n) is 3.95. The van der Waals surface area contributed by atoms with Crippen molar-refractivity contribution in [1.29, 1.82) is 0 Å². The lowest BCUT2D eigenvalue weighted by molar-refractivity contribution is 0.0675. The SMILES string of the molecule is O=S(=O)(NNC(=S)N1CCOCC1)c1ccccc1. The highest BCUT2D eigenvalue weighted by Crippen LogP contribution is 2.06. The topological polar surface area (TPSA) is 70.7 Å². The van der Waals surface area contributed by atoms with E-state index in [-0.39, 0.29) is 4.90 Å². The van der Waals surface area contributed by atoms with Crippen LogP contribution in [0, 0.1) is 0 Å². The van der Waals surface area contributed by atoms with E-state index in [4.69, 9.17) is 17.0 Å². The number of ether oxygens (including phenoxy) is 1. The van der Waals surface area contributed by atoms with Gasteiger partial charge < -0.3 is 9.64 Å². The maximum Gasteiger partial charge on any atom is 0.257 e. The molecular weight excluding hydrogens is 286 g/mol. The minimum absolute atomic E-state index is 0.187. The Morgan fingerprint density at radius 1 is 1.21 bits per heavy atom. The molecule has 8 heteroatoms. The fourth-order valence-electron chi connectivity index (χ4n) is 1.61. The Morgan fingerprint density at radius 3 is 2.47 bits per heavy atom. The lowest BCUT2D eigenvalue weighted by Crippen LogP contribution is -2.51. The van der Waals surface area contributed by atoms with Gasteiger partial charge in [0.15, 0.2) is 5.11 Å². The number of nitrogens with zero attached hydrogens (tertiary/aromatic N) is 1. The molecule has 19 heavy (non-hydrogen) atoms. The molecule has 6 nitrogen and oxygen atoms in total. The molecule has 0 saturated carbocycles. The monoisotopic (exact) mass is 301 g/mol. The number of hydrogen-bond donors (Lipinski definition) is 2. The lowest BCUT2D eigenvalue weighted by atomic mass is 10.4. The van der Waals surface area contributed by atoms with E-state index in [0.717, 1.165) is 0 Å². The van der Waals surface area contributed by atoms with E-state index < -0.39 is 10.0 Å². The van der Waals surface area contributed by atoms with Gasteiger partial charge in [-0.2, -0.15) is 0 Å². The van der Waals surface area contributed by atoms with Crippen LogP contribution in [0.2, 0.25) is 0 Å². The summed E-state index contributed by atoms with van der Waals surface area (Å²) < 4.78 is 29.1. The van der Waals surface area contributed by atoms with Crippen molar-refractivity contribution in [2.45, 2.75) is 4.90 Å². The van der Waals surface area contributed by atoms with Crippen LogP contribution in [-0.2, 0) is 14.8 Å². The molecule has 0 radical (unpaired) electrons. The molecule has 0 amide bonds. The van der Waals surface area contributed by atoms with Crippen LogP contribution in [0.25, 0.3) is 0 Å². The summed E-state index contributed by atoms with van der Waals surface area (Å²) >= 11 is 5.12. The minimum atomic E-state index is -3.60. The molecule has 1 aromatic rings. The summed E-state index contributed by atoms with van der Waals surface area (Å²) in [6, 6.07) is 8.11. The fraction of sp³-hybridized carbons (Fsp3) is 0.364. The maximum absolute atomic E-state index is 11.9. The van der Waals surface area contributed by atoms with Gasteiger partial charge in [-0.3, -0.25) is 5.43 Å². The van der Waals surface area contributed by atoms with Gasteiger partial charge in [0.05, 0.1) is 18.1 Å². The van der Waals surface area contributed by atoms with E-state index in [9.17, 15) is 8.42 Å². The predicted octanol–water partition coefficient (Wildman–Crippen LogP) is 0.0866. The third-order valence-electron chi connectivity index (χ3n) is 2.64.